The number of carbonyl (C=O) groups excluding carboxylic acids is 1. The molecule has 0 spiro atoms. The van der Waals surface area contributed by atoms with E-state index in [1.165, 1.54) is 36.4 Å². The Morgan fingerprint density at radius 3 is 2.60 bits per heavy atom. The molecule has 152 valence electrons. The van der Waals surface area contributed by atoms with Gasteiger partial charge in [-0.1, -0.05) is 12.1 Å². The van der Waals surface area contributed by atoms with Crippen LogP contribution in [0.2, 0.25) is 0 Å². The Morgan fingerprint density at radius 2 is 1.87 bits per heavy atom. The molecule has 1 N–H and O–H groups in total. The lowest BCUT2D eigenvalue weighted by Crippen LogP contribution is -2.40. The lowest BCUT2D eigenvalue weighted by molar-refractivity contribution is -0.116. The maximum absolute atomic E-state index is 14.3. The summed E-state index contributed by atoms with van der Waals surface area (Å²) in [5, 5.41) is 4.25. The Morgan fingerprint density at radius 1 is 1.10 bits per heavy atom. The number of hydrogen-bond acceptors (Lipinski definition) is 4. The molecular formula is C21H15F2N3O3S. The summed E-state index contributed by atoms with van der Waals surface area (Å²) >= 11 is 1.10. The number of fused-ring (bicyclic) bond motifs is 1. The van der Waals surface area contributed by atoms with E-state index in [1.807, 2.05) is 0 Å². The lowest BCUT2D eigenvalue weighted by atomic mass is 10.2. The van der Waals surface area contributed by atoms with Crippen LogP contribution >= 0.6 is 11.3 Å². The molecule has 0 saturated carbocycles. The first-order chi connectivity index (χ1) is 14.4. The third kappa shape index (κ3) is 3.43. The Hall–Kier alpha value is -3.59. The SMILES string of the molecule is Cc1cc(F)ccc1NC(=O)Cn1c(=O)n(-c2ccccc2F)c(=O)c2sccc21. The second-order valence-corrected chi connectivity index (χ2v) is 7.52. The number of para-hydroxylation sites is 1. The molecule has 0 aliphatic heterocycles. The molecule has 30 heavy (non-hydrogen) atoms. The molecule has 0 aliphatic carbocycles. The monoisotopic (exact) mass is 427 g/mol. The summed E-state index contributed by atoms with van der Waals surface area (Å²) in [4.78, 5) is 38.5. The Bertz CT molecular complexity index is 1400. The number of anilines is 1. The molecule has 2 aromatic heterocycles. The van der Waals surface area contributed by atoms with E-state index in [0.29, 0.717) is 11.3 Å². The average Bonchev–Trinajstić information content (AvgIpc) is 3.19. The average molecular weight is 427 g/mol. The van der Waals surface area contributed by atoms with Gasteiger partial charge in [0.15, 0.2) is 0 Å². The molecule has 2 aromatic carbocycles. The number of aromatic nitrogens is 2. The molecule has 0 aliphatic rings. The minimum absolute atomic E-state index is 0.189. The summed E-state index contributed by atoms with van der Waals surface area (Å²) in [7, 11) is 0. The van der Waals surface area contributed by atoms with E-state index in [1.54, 1.807) is 18.4 Å². The number of thiophene rings is 1. The van der Waals surface area contributed by atoms with Crippen molar-refractivity contribution in [1.82, 2.24) is 9.13 Å². The first-order valence-corrected chi connectivity index (χ1v) is 9.79. The predicted octanol–water partition coefficient (Wildman–Crippen LogP) is 3.44. The Kier molecular flexibility index (Phi) is 5.04. The number of nitrogens with one attached hydrogen (secondary N) is 1. The highest BCUT2D eigenvalue weighted by atomic mass is 32.1. The number of halogens is 2. The zero-order chi connectivity index (χ0) is 21.4. The van der Waals surface area contributed by atoms with Crippen molar-refractivity contribution in [2.24, 2.45) is 0 Å². The van der Waals surface area contributed by atoms with Crippen molar-refractivity contribution < 1.29 is 13.6 Å². The van der Waals surface area contributed by atoms with Gasteiger partial charge in [-0.2, -0.15) is 0 Å². The minimum atomic E-state index is -0.832. The molecule has 0 fully saturated rings. The number of benzene rings is 2. The predicted molar refractivity (Wildman–Crippen MR) is 111 cm³/mol. The van der Waals surface area contributed by atoms with Gasteiger partial charge in [0.25, 0.3) is 5.56 Å². The van der Waals surface area contributed by atoms with E-state index in [-0.39, 0.29) is 15.9 Å². The molecule has 6 nitrogen and oxygen atoms in total. The first kappa shape index (κ1) is 19.7. The Labute approximate surface area is 172 Å². The van der Waals surface area contributed by atoms with E-state index in [2.05, 4.69) is 5.32 Å². The van der Waals surface area contributed by atoms with Gasteiger partial charge in [0.05, 0.1) is 11.2 Å². The highest BCUT2D eigenvalue weighted by Crippen LogP contribution is 2.19. The summed E-state index contributed by atoms with van der Waals surface area (Å²) in [6.07, 6.45) is 0. The van der Waals surface area contributed by atoms with Crippen molar-refractivity contribution in [2.45, 2.75) is 13.5 Å². The normalized spacial score (nSPS) is 11.0. The molecule has 0 unspecified atom stereocenters. The van der Waals surface area contributed by atoms with Crippen molar-refractivity contribution in [3.63, 3.8) is 0 Å². The van der Waals surface area contributed by atoms with Gasteiger partial charge in [-0.3, -0.25) is 14.2 Å². The van der Waals surface area contributed by atoms with Crippen LogP contribution in [-0.2, 0) is 11.3 Å². The van der Waals surface area contributed by atoms with E-state index >= 15 is 0 Å². The molecule has 0 radical (unpaired) electrons. The zero-order valence-corrected chi connectivity index (χ0v) is 16.5. The van der Waals surface area contributed by atoms with Crippen LogP contribution in [0.1, 0.15) is 5.56 Å². The van der Waals surface area contributed by atoms with Gasteiger partial charge in [-0.25, -0.2) is 18.1 Å². The number of carbonyl (C=O) groups is 1. The van der Waals surface area contributed by atoms with Crippen LogP contribution in [0.5, 0.6) is 0 Å². The van der Waals surface area contributed by atoms with Crippen LogP contribution in [0.15, 0.2) is 63.5 Å². The van der Waals surface area contributed by atoms with E-state index < -0.39 is 35.3 Å². The number of amides is 1. The second kappa shape index (κ2) is 7.68. The Balaban J connectivity index is 1.80. The first-order valence-electron chi connectivity index (χ1n) is 8.91. The van der Waals surface area contributed by atoms with Crippen LogP contribution in [0, 0.1) is 18.6 Å². The number of rotatable bonds is 4. The molecular weight excluding hydrogens is 412 g/mol. The van der Waals surface area contributed by atoms with Crippen molar-refractivity contribution >= 4 is 33.1 Å². The quantitative estimate of drug-likeness (QED) is 0.542. The number of aryl methyl sites for hydroxylation is 1. The van der Waals surface area contributed by atoms with E-state index in [0.717, 1.165) is 26.5 Å². The van der Waals surface area contributed by atoms with Crippen molar-refractivity contribution in [3.8, 4) is 5.69 Å². The lowest BCUT2D eigenvalue weighted by Gasteiger charge is -2.13. The van der Waals surface area contributed by atoms with Crippen LogP contribution in [-0.4, -0.2) is 15.0 Å². The maximum atomic E-state index is 14.3. The summed E-state index contributed by atoms with van der Waals surface area (Å²) in [5.74, 6) is -1.71. The molecule has 9 heteroatoms. The second-order valence-electron chi connectivity index (χ2n) is 6.60. The smallest absolute Gasteiger partial charge is 0.324 e. The zero-order valence-electron chi connectivity index (χ0n) is 15.7. The summed E-state index contributed by atoms with van der Waals surface area (Å²) in [6.45, 7) is 1.23. The molecule has 1 amide bonds. The molecule has 2 heterocycles. The van der Waals surface area contributed by atoms with Gasteiger partial charge in [0.2, 0.25) is 5.91 Å². The topological polar surface area (TPSA) is 73.1 Å². The fourth-order valence-corrected chi connectivity index (χ4v) is 4.01. The van der Waals surface area contributed by atoms with Gasteiger partial charge in [0.1, 0.15) is 22.9 Å². The fraction of sp³-hybridized carbons (Fsp3) is 0.0952. The highest BCUT2D eigenvalue weighted by Gasteiger charge is 2.19. The van der Waals surface area contributed by atoms with Crippen LogP contribution in [0.25, 0.3) is 15.9 Å². The van der Waals surface area contributed by atoms with Crippen molar-refractivity contribution in [2.75, 3.05) is 5.32 Å². The fourth-order valence-electron chi connectivity index (χ4n) is 3.19. The number of nitrogens with zero attached hydrogens (tertiary/aromatic N) is 2. The van der Waals surface area contributed by atoms with Gasteiger partial charge in [-0.15, -0.1) is 11.3 Å². The van der Waals surface area contributed by atoms with Crippen molar-refractivity contribution in [1.29, 1.82) is 0 Å². The molecule has 0 atom stereocenters. The third-order valence-electron chi connectivity index (χ3n) is 4.61. The minimum Gasteiger partial charge on any atom is -0.324 e. The maximum Gasteiger partial charge on any atom is 0.336 e. The third-order valence-corrected chi connectivity index (χ3v) is 5.50. The van der Waals surface area contributed by atoms with E-state index in [4.69, 9.17) is 0 Å². The van der Waals surface area contributed by atoms with E-state index in [9.17, 15) is 23.2 Å². The van der Waals surface area contributed by atoms with Gasteiger partial charge >= 0.3 is 5.69 Å². The van der Waals surface area contributed by atoms with Crippen LogP contribution in [0.4, 0.5) is 14.5 Å². The summed E-state index contributed by atoms with van der Waals surface area (Å²) in [5.41, 5.74) is -0.464. The van der Waals surface area contributed by atoms with Gasteiger partial charge < -0.3 is 5.32 Å². The van der Waals surface area contributed by atoms with Crippen LogP contribution in [0.3, 0.4) is 0 Å². The molecule has 0 bridgehead atoms. The molecule has 4 aromatic rings. The van der Waals surface area contributed by atoms with Gasteiger partial charge in [-0.05, 0) is 54.3 Å². The van der Waals surface area contributed by atoms with Crippen LogP contribution < -0.4 is 16.6 Å². The summed E-state index contributed by atoms with van der Waals surface area (Å²) in [6, 6.07) is 10.9. The van der Waals surface area contributed by atoms with Crippen molar-refractivity contribution in [3.05, 3.63) is 91.9 Å². The summed E-state index contributed by atoms with van der Waals surface area (Å²) < 4.78 is 29.7. The molecule has 0 saturated heterocycles. The number of hydrogen-bond donors (Lipinski definition) is 1. The molecule has 4 rings (SSSR count). The highest BCUT2D eigenvalue weighted by molar-refractivity contribution is 7.17. The standard InChI is InChI=1S/C21H15F2N3O3S/c1-12-10-13(22)6-7-15(12)24-18(27)11-25-17-8-9-30-19(17)20(28)26(21(25)29)16-5-3-2-4-14(16)23/h2-10H,11H2,1H3,(H,24,27). The van der Waals surface area contributed by atoms with Gasteiger partial charge in [0, 0.05) is 5.69 Å². The largest absolute Gasteiger partial charge is 0.336 e.